The molecule has 2 rings (SSSR count). The second kappa shape index (κ2) is 5.51. The Morgan fingerprint density at radius 1 is 1.59 bits per heavy atom. The molecule has 4 nitrogen and oxygen atoms in total. The molecule has 1 aromatic rings. The number of rotatable bonds is 7. The highest BCUT2D eigenvalue weighted by Gasteiger charge is 2.42. The quantitative estimate of drug-likeness (QED) is 0.228. The molecular weight excluding hydrogens is 234 g/mol. The van der Waals surface area contributed by atoms with E-state index in [1.54, 1.807) is 11.3 Å². The van der Waals surface area contributed by atoms with Crippen LogP contribution in [0, 0.1) is 5.41 Å². The molecule has 0 aromatic carbocycles. The summed E-state index contributed by atoms with van der Waals surface area (Å²) in [6.45, 7) is 1.96. The van der Waals surface area contributed by atoms with Crippen LogP contribution in [-0.4, -0.2) is 24.1 Å². The van der Waals surface area contributed by atoms with Gasteiger partial charge in [-0.2, -0.15) is 11.3 Å². The minimum Gasteiger partial charge on any atom is -0.409 e. The summed E-state index contributed by atoms with van der Waals surface area (Å²) in [5.74, 6) is 0.349. The van der Waals surface area contributed by atoms with Gasteiger partial charge in [-0.1, -0.05) is 5.16 Å². The molecule has 1 heterocycles. The van der Waals surface area contributed by atoms with E-state index in [0.717, 1.165) is 19.5 Å². The predicted molar refractivity (Wildman–Crippen MR) is 70.6 cm³/mol. The van der Waals surface area contributed by atoms with Crippen molar-refractivity contribution < 1.29 is 5.21 Å². The molecule has 17 heavy (non-hydrogen) atoms. The van der Waals surface area contributed by atoms with Gasteiger partial charge in [0.25, 0.3) is 0 Å². The fourth-order valence-electron chi connectivity index (χ4n) is 2.03. The normalized spacial score (nSPS) is 18.2. The lowest BCUT2D eigenvalue weighted by atomic mass is 10.0. The van der Waals surface area contributed by atoms with Crippen molar-refractivity contribution in [1.82, 2.24) is 5.32 Å². The molecule has 1 saturated carbocycles. The fraction of sp³-hybridized carbons (Fsp3) is 0.583. The second-order valence-corrected chi connectivity index (χ2v) is 5.61. The fourth-order valence-corrected chi connectivity index (χ4v) is 2.74. The van der Waals surface area contributed by atoms with Crippen LogP contribution in [0.4, 0.5) is 0 Å². The lowest BCUT2D eigenvalue weighted by Gasteiger charge is -2.14. The second-order valence-electron chi connectivity index (χ2n) is 4.83. The van der Waals surface area contributed by atoms with E-state index in [0.29, 0.717) is 12.3 Å². The first-order valence-corrected chi connectivity index (χ1v) is 6.87. The average Bonchev–Trinajstić information content (AvgIpc) is 2.89. The summed E-state index contributed by atoms with van der Waals surface area (Å²) in [6, 6.07) is 2.16. The van der Waals surface area contributed by atoms with Crippen LogP contribution in [0.15, 0.2) is 22.0 Å². The van der Waals surface area contributed by atoms with Gasteiger partial charge < -0.3 is 16.3 Å². The predicted octanol–water partition coefficient (Wildman–Crippen LogP) is 1.80. The number of nitrogens with zero attached hydrogens (tertiary/aromatic N) is 1. The minimum atomic E-state index is 0.255. The zero-order chi connectivity index (χ0) is 12.1. The molecule has 0 spiro atoms. The summed E-state index contributed by atoms with van der Waals surface area (Å²) >= 11 is 1.74. The third-order valence-electron chi connectivity index (χ3n) is 3.31. The van der Waals surface area contributed by atoms with Crippen molar-refractivity contribution in [2.75, 3.05) is 13.1 Å². The largest absolute Gasteiger partial charge is 0.409 e. The topological polar surface area (TPSA) is 70.6 Å². The van der Waals surface area contributed by atoms with Gasteiger partial charge in [-0.05, 0) is 53.6 Å². The maximum Gasteiger partial charge on any atom is 0.139 e. The first-order chi connectivity index (χ1) is 8.24. The van der Waals surface area contributed by atoms with Gasteiger partial charge in [-0.3, -0.25) is 0 Å². The average molecular weight is 253 g/mol. The van der Waals surface area contributed by atoms with Crippen molar-refractivity contribution in [3.63, 3.8) is 0 Å². The summed E-state index contributed by atoms with van der Waals surface area (Å²) in [6.07, 6.45) is 4.13. The van der Waals surface area contributed by atoms with Gasteiger partial charge in [-0.15, -0.1) is 0 Å². The summed E-state index contributed by atoms with van der Waals surface area (Å²) in [4.78, 5) is 0. The van der Waals surface area contributed by atoms with E-state index >= 15 is 0 Å². The summed E-state index contributed by atoms with van der Waals surface area (Å²) in [7, 11) is 0. The molecule has 0 amide bonds. The number of hydrogen-bond acceptors (Lipinski definition) is 4. The van der Waals surface area contributed by atoms with E-state index < -0.39 is 0 Å². The van der Waals surface area contributed by atoms with E-state index in [-0.39, 0.29) is 5.41 Å². The van der Waals surface area contributed by atoms with E-state index in [4.69, 9.17) is 10.9 Å². The summed E-state index contributed by atoms with van der Waals surface area (Å²) in [5.41, 5.74) is 7.20. The van der Waals surface area contributed by atoms with Crippen LogP contribution >= 0.6 is 11.3 Å². The van der Waals surface area contributed by atoms with E-state index in [1.807, 2.05) is 0 Å². The van der Waals surface area contributed by atoms with Crippen molar-refractivity contribution in [2.24, 2.45) is 16.3 Å². The van der Waals surface area contributed by atoms with Gasteiger partial charge in [0.2, 0.25) is 0 Å². The molecule has 1 aliphatic carbocycles. The molecule has 0 atom stereocenters. The van der Waals surface area contributed by atoms with Gasteiger partial charge >= 0.3 is 0 Å². The van der Waals surface area contributed by atoms with Crippen LogP contribution in [0.25, 0.3) is 0 Å². The van der Waals surface area contributed by atoms with Crippen molar-refractivity contribution in [1.29, 1.82) is 0 Å². The van der Waals surface area contributed by atoms with Crippen molar-refractivity contribution in [2.45, 2.75) is 25.7 Å². The Bertz CT molecular complexity index is 371. The summed E-state index contributed by atoms with van der Waals surface area (Å²) in [5, 5.41) is 19.4. The van der Waals surface area contributed by atoms with Crippen LogP contribution in [0.1, 0.15) is 24.8 Å². The zero-order valence-corrected chi connectivity index (χ0v) is 10.7. The maximum atomic E-state index is 8.57. The molecule has 1 aliphatic rings. The van der Waals surface area contributed by atoms with Gasteiger partial charge in [0.1, 0.15) is 5.84 Å². The Morgan fingerprint density at radius 2 is 2.41 bits per heavy atom. The Kier molecular flexibility index (Phi) is 4.02. The molecule has 0 radical (unpaired) electrons. The summed E-state index contributed by atoms with van der Waals surface area (Å²) < 4.78 is 0. The number of nitrogens with two attached hydrogens (primary N) is 1. The molecule has 1 fully saturated rings. The van der Waals surface area contributed by atoms with Crippen LogP contribution in [0.5, 0.6) is 0 Å². The van der Waals surface area contributed by atoms with E-state index in [1.165, 1.54) is 18.4 Å². The highest BCUT2D eigenvalue weighted by atomic mass is 32.1. The van der Waals surface area contributed by atoms with Gasteiger partial charge in [0, 0.05) is 13.0 Å². The smallest absolute Gasteiger partial charge is 0.139 e. The number of amidine groups is 1. The van der Waals surface area contributed by atoms with Crippen LogP contribution in [0.2, 0.25) is 0 Å². The zero-order valence-electron chi connectivity index (χ0n) is 9.85. The maximum absolute atomic E-state index is 8.57. The highest BCUT2D eigenvalue weighted by molar-refractivity contribution is 7.07. The first-order valence-electron chi connectivity index (χ1n) is 5.92. The van der Waals surface area contributed by atoms with Crippen LogP contribution in [-0.2, 0) is 6.42 Å². The molecule has 0 unspecified atom stereocenters. The third kappa shape index (κ3) is 3.71. The third-order valence-corrected chi connectivity index (χ3v) is 4.04. The SMILES string of the molecule is NC(CC1(CNCCc2ccsc2)CC1)=NO. The van der Waals surface area contributed by atoms with Gasteiger partial charge in [0.15, 0.2) is 0 Å². The van der Waals surface area contributed by atoms with Crippen molar-refractivity contribution >= 4 is 17.2 Å². The van der Waals surface area contributed by atoms with Crippen molar-refractivity contribution in [3.05, 3.63) is 22.4 Å². The first kappa shape index (κ1) is 12.4. The Morgan fingerprint density at radius 3 is 3.00 bits per heavy atom. The number of oxime groups is 1. The Balaban J connectivity index is 1.65. The molecule has 0 aliphatic heterocycles. The molecule has 5 heteroatoms. The lowest BCUT2D eigenvalue weighted by molar-refractivity contribution is 0.314. The van der Waals surface area contributed by atoms with E-state index in [9.17, 15) is 0 Å². The highest BCUT2D eigenvalue weighted by Crippen LogP contribution is 2.48. The standard InChI is InChI=1S/C12H19N3OS/c13-11(15-16)7-12(3-4-12)9-14-5-1-10-2-6-17-8-10/h2,6,8,14,16H,1,3-5,7,9H2,(H2,13,15). The minimum absolute atomic E-state index is 0.255. The lowest BCUT2D eigenvalue weighted by Crippen LogP contribution is -2.29. The van der Waals surface area contributed by atoms with Crippen LogP contribution in [0.3, 0.4) is 0 Å². The number of thiophene rings is 1. The molecular formula is C12H19N3OS. The molecule has 0 bridgehead atoms. The molecule has 4 N–H and O–H groups in total. The number of hydrogen-bond donors (Lipinski definition) is 3. The van der Waals surface area contributed by atoms with E-state index in [2.05, 4.69) is 27.3 Å². The Labute approximate surface area is 106 Å². The van der Waals surface area contributed by atoms with Crippen molar-refractivity contribution in [3.8, 4) is 0 Å². The van der Waals surface area contributed by atoms with Gasteiger partial charge in [-0.25, -0.2) is 0 Å². The Hall–Kier alpha value is -1.07. The molecule has 94 valence electrons. The van der Waals surface area contributed by atoms with Crippen LogP contribution < -0.4 is 11.1 Å². The monoisotopic (exact) mass is 253 g/mol. The molecule has 1 aromatic heterocycles. The van der Waals surface area contributed by atoms with Gasteiger partial charge in [0.05, 0.1) is 0 Å². The number of nitrogens with one attached hydrogen (secondary N) is 1. The molecule has 0 saturated heterocycles.